The van der Waals surface area contributed by atoms with E-state index < -0.39 is 5.97 Å². The molecule has 2 aromatic rings. The molecule has 78 valence electrons. The van der Waals surface area contributed by atoms with Gasteiger partial charge in [-0.2, -0.15) is 4.98 Å². The molecule has 0 amide bonds. The fourth-order valence-electron chi connectivity index (χ4n) is 1.39. The second-order valence-corrected chi connectivity index (χ2v) is 3.25. The lowest BCUT2D eigenvalue weighted by atomic mass is 10.1. The monoisotopic (exact) mass is 206 g/mol. The molecule has 1 aromatic heterocycles. The van der Waals surface area contributed by atoms with Crippen LogP contribution in [0.5, 0.6) is 0 Å². The Labute approximate surface area is 85.5 Å². The second kappa shape index (κ2) is 3.61. The number of aromatic nitrogens is 1. The maximum atomic E-state index is 10.4. The first-order valence-corrected chi connectivity index (χ1v) is 4.52. The minimum atomic E-state index is -0.813. The van der Waals surface area contributed by atoms with Crippen molar-refractivity contribution >= 4 is 23.1 Å². The van der Waals surface area contributed by atoms with E-state index in [1.165, 1.54) is 0 Å². The van der Waals surface area contributed by atoms with Crippen LogP contribution in [0, 0.1) is 0 Å². The highest BCUT2D eigenvalue weighted by Crippen LogP contribution is 2.18. The van der Waals surface area contributed by atoms with Gasteiger partial charge in [0.25, 0.3) is 6.01 Å². The largest absolute Gasteiger partial charge is 0.481 e. The number of benzene rings is 1. The van der Waals surface area contributed by atoms with Crippen molar-refractivity contribution in [3.63, 3.8) is 0 Å². The zero-order chi connectivity index (χ0) is 10.8. The lowest BCUT2D eigenvalue weighted by Crippen LogP contribution is -1.96. The van der Waals surface area contributed by atoms with Crippen LogP contribution in [0.1, 0.15) is 12.0 Å². The van der Waals surface area contributed by atoms with Crippen LogP contribution in [0.3, 0.4) is 0 Å². The van der Waals surface area contributed by atoms with Crippen molar-refractivity contribution in [3.05, 3.63) is 23.8 Å². The molecule has 2 rings (SSSR count). The zero-order valence-electron chi connectivity index (χ0n) is 7.93. The third-order valence-electron chi connectivity index (χ3n) is 2.10. The van der Waals surface area contributed by atoms with Crippen LogP contribution < -0.4 is 5.73 Å². The number of fused-ring (bicyclic) bond motifs is 1. The predicted octanol–water partition coefficient (Wildman–Crippen LogP) is 1.43. The number of carboxylic acid groups (broad SMARTS) is 1. The number of oxazole rings is 1. The van der Waals surface area contributed by atoms with Gasteiger partial charge in [0, 0.05) is 6.42 Å². The van der Waals surface area contributed by atoms with Gasteiger partial charge in [-0.25, -0.2) is 0 Å². The average Bonchev–Trinajstić information content (AvgIpc) is 2.53. The number of aryl methyl sites for hydroxylation is 1. The van der Waals surface area contributed by atoms with Gasteiger partial charge in [-0.3, -0.25) is 4.79 Å². The molecule has 0 aliphatic rings. The molecule has 0 bridgehead atoms. The Balaban J connectivity index is 2.26. The van der Waals surface area contributed by atoms with E-state index in [1.54, 1.807) is 12.1 Å². The van der Waals surface area contributed by atoms with Crippen molar-refractivity contribution in [3.8, 4) is 0 Å². The normalized spacial score (nSPS) is 10.7. The predicted molar refractivity (Wildman–Crippen MR) is 54.4 cm³/mol. The number of nitrogen functional groups attached to an aromatic ring is 1. The summed E-state index contributed by atoms with van der Waals surface area (Å²) in [6.45, 7) is 0. The summed E-state index contributed by atoms with van der Waals surface area (Å²) in [5.74, 6) is -0.813. The summed E-state index contributed by atoms with van der Waals surface area (Å²) in [4.78, 5) is 14.3. The molecular formula is C10H10N2O3. The molecule has 3 N–H and O–H groups in total. The van der Waals surface area contributed by atoms with E-state index in [1.807, 2.05) is 6.07 Å². The number of nitrogens with two attached hydrogens (primary N) is 1. The highest BCUT2D eigenvalue weighted by Gasteiger charge is 2.04. The molecule has 0 aliphatic carbocycles. The molecule has 1 aromatic carbocycles. The third kappa shape index (κ3) is 2.07. The van der Waals surface area contributed by atoms with E-state index in [0.29, 0.717) is 17.5 Å². The standard InChI is InChI=1S/C10H10N2O3/c11-10-12-7-3-1-6(2-4-9(13)14)5-8(7)15-10/h1,3,5H,2,4H2,(H2,11,12)(H,13,14). The summed E-state index contributed by atoms with van der Waals surface area (Å²) in [5.41, 5.74) is 7.57. The smallest absolute Gasteiger partial charge is 0.303 e. The number of rotatable bonds is 3. The second-order valence-electron chi connectivity index (χ2n) is 3.25. The van der Waals surface area contributed by atoms with Gasteiger partial charge in [-0.1, -0.05) is 6.07 Å². The maximum Gasteiger partial charge on any atom is 0.303 e. The average molecular weight is 206 g/mol. The molecule has 5 nitrogen and oxygen atoms in total. The van der Waals surface area contributed by atoms with Crippen molar-refractivity contribution < 1.29 is 14.3 Å². The van der Waals surface area contributed by atoms with E-state index in [9.17, 15) is 4.79 Å². The number of nitrogens with zero attached hydrogens (tertiary/aromatic N) is 1. The van der Waals surface area contributed by atoms with Gasteiger partial charge in [-0.05, 0) is 24.1 Å². The van der Waals surface area contributed by atoms with Crippen LogP contribution in [-0.2, 0) is 11.2 Å². The van der Waals surface area contributed by atoms with Gasteiger partial charge in [-0.15, -0.1) is 0 Å². The van der Waals surface area contributed by atoms with Gasteiger partial charge < -0.3 is 15.3 Å². The van der Waals surface area contributed by atoms with E-state index in [-0.39, 0.29) is 12.4 Å². The number of anilines is 1. The summed E-state index contributed by atoms with van der Waals surface area (Å²) in [6.07, 6.45) is 0.584. The quantitative estimate of drug-likeness (QED) is 0.792. The minimum absolute atomic E-state index is 0.106. The Morgan fingerprint density at radius 1 is 1.53 bits per heavy atom. The molecule has 5 heteroatoms. The van der Waals surface area contributed by atoms with Crippen LogP contribution in [0.15, 0.2) is 22.6 Å². The Morgan fingerprint density at radius 2 is 2.33 bits per heavy atom. The van der Waals surface area contributed by atoms with Crippen molar-refractivity contribution in [1.82, 2.24) is 4.98 Å². The van der Waals surface area contributed by atoms with E-state index in [2.05, 4.69) is 4.98 Å². The molecule has 15 heavy (non-hydrogen) atoms. The molecular weight excluding hydrogens is 196 g/mol. The summed E-state index contributed by atoms with van der Waals surface area (Å²) in [7, 11) is 0. The fourth-order valence-corrected chi connectivity index (χ4v) is 1.39. The number of hydrogen-bond donors (Lipinski definition) is 2. The zero-order valence-corrected chi connectivity index (χ0v) is 7.93. The molecule has 0 spiro atoms. The highest BCUT2D eigenvalue weighted by molar-refractivity contribution is 5.75. The molecule has 0 aliphatic heterocycles. The Hall–Kier alpha value is -2.04. The van der Waals surface area contributed by atoms with Gasteiger partial charge in [0.1, 0.15) is 5.52 Å². The highest BCUT2D eigenvalue weighted by atomic mass is 16.4. The molecule has 0 saturated carbocycles. The lowest BCUT2D eigenvalue weighted by molar-refractivity contribution is -0.136. The van der Waals surface area contributed by atoms with Crippen LogP contribution in [-0.4, -0.2) is 16.1 Å². The molecule has 0 radical (unpaired) electrons. The molecule has 0 unspecified atom stereocenters. The fraction of sp³-hybridized carbons (Fsp3) is 0.200. The van der Waals surface area contributed by atoms with E-state index in [0.717, 1.165) is 5.56 Å². The first kappa shape index (κ1) is 9.51. The first-order chi connectivity index (χ1) is 7.15. The molecule has 0 fully saturated rings. The molecule has 0 atom stereocenters. The number of aliphatic carboxylic acids is 1. The SMILES string of the molecule is Nc1nc2ccc(CCC(=O)O)cc2o1. The van der Waals surface area contributed by atoms with Crippen LogP contribution >= 0.6 is 0 Å². The van der Waals surface area contributed by atoms with E-state index >= 15 is 0 Å². The van der Waals surface area contributed by atoms with Gasteiger partial charge in [0.15, 0.2) is 5.58 Å². The van der Waals surface area contributed by atoms with Crippen molar-refractivity contribution in [2.45, 2.75) is 12.8 Å². The number of hydrogen-bond acceptors (Lipinski definition) is 4. The van der Waals surface area contributed by atoms with Crippen LogP contribution in [0.25, 0.3) is 11.1 Å². The van der Waals surface area contributed by atoms with Crippen LogP contribution in [0.2, 0.25) is 0 Å². The van der Waals surface area contributed by atoms with Crippen LogP contribution in [0.4, 0.5) is 6.01 Å². The molecule has 0 saturated heterocycles. The Morgan fingerprint density at radius 3 is 3.07 bits per heavy atom. The number of carbonyl (C=O) groups is 1. The summed E-state index contributed by atoms with van der Waals surface area (Å²) in [5, 5.41) is 8.54. The first-order valence-electron chi connectivity index (χ1n) is 4.52. The van der Waals surface area contributed by atoms with Crippen molar-refractivity contribution in [2.75, 3.05) is 5.73 Å². The summed E-state index contributed by atoms with van der Waals surface area (Å²) < 4.78 is 5.13. The summed E-state index contributed by atoms with van der Waals surface area (Å²) >= 11 is 0. The third-order valence-corrected chi connectivity index (χ3v) is 2.10. The minimum Gasteiger partial charge on any atom is -0.481 e. The van der Waals surface area contributed by atoms with Crippen molar-refractivity contribution in [2.24, 2.45) is 0 Å². The van der Waals surface area contributed by atoms with Gasteiger partial charge >= 0.3 is 5.97 Å². The van der Waals surface area contributed by atoms with E-state index in [4.69, 9.17) is 15.3 Å². The topological polar surface area (TPSA) is 89.3 Å². The molecule has 1 heterocycles. The van der Waals surface area contributed by atoms with Gasteiger partial charge in [0.2, 0.25) is 0 Å². The van der Waals surface area contributed by atoms with Crippen molar-refractivity contribution in [1.29, 1.82) is 0 Å². The maximum absolute atomic E-state index is 10.4. The number of carboxylic acids is 1. The Bertz CT molecular complexity index is 504. The Kier molecular flexibility index (Phi) is 2.29. The summed E-state index contributed by atoms with van der Waals surface area (Å²) in [6, 6.07) is 5.49. The lowest BCUT2D eigenvalue weighted by Gasteiger charge is -1.96. The van der Waals surface area contributed by atoms with Gasteiger partial charge in [0.05, 0.1) is 0 Å².